The molecule has 6 nitrogen and oxygen atoms in total. The van der Waals surface area contributed by atoms with Crippen LogP contribution in [0.4, 0.5) is 0 Å². The van der Waals surface area contributed by atoms with Crippen molar-refractivity contribution in [2.45, 2.75) is 31.7 Å². The topological polar surface area (TPSA) is 75.7 Å². The normalized spacial score (nSPS) is 11.4. The van der Waals surface area contributed by atoms with Crippen LogP contribution in [0.2, 0.25) is 0 Å². The van der Waals surface area contributed by atoms with E-state index >= 15 is 0 Å². The van der Waals surface area contributed by atoms with Crippen LogP contribution >= 0.6 is 0 Å². The van der Waals surface area contributed by atoms with Crippen molar-refractivity contribution >= 4 is 15.9 Å². The Morgan fingerprint density at radius 1 is 1.15 bits per heavy atom. The molecule has 0 spiro atoms. The lowest BCUT2D eigenvalue weighted by Gasteiger charge is -2.22. The Balaban J connectivity index is 2.34. The number of carbonyl (C=O) groups excluding carboxylic acids is 1. The van der Waals surface area contributed by atoms with Crippen LogP contribution in [-0.2, 0) is 21.4 Å². The first kappa shape index (κ1) is 20.9. The van der Waals surface area contributed by atoms with Crippen molar-refractivity contribution in [2.75, 3.05) is 20.2 Å². The van der Waals surface area contributed by atoms with Gasteiger partial charge >= 0.3 is 0 Å². The van der Waals surface area contributed by atoms with Crippen LogP contribution in [0.25, 0.3) is 0 Å². The molecular formula is C20H26N2O4S. The van der Waals surface area contributed by atoms with Crippen molar-refractivity contribution in [3.63, 3.8) is 0 Å². The SMILES string of the molecule is CCCNC(=O)CN(Cc1ccccc1)S(=O)(=O)c1ccc(OC)c(C)c1. The van der Waals surface area contributed by atoms with Crippen LogP contribution in [-0.4, -0.2) is 38.8 Å². The van der Waals surface area contributed by atoms with Gasteiger partial charge in [-0.2, -0.15) is 4.31 Å². The van der Waals surface area contributed by atoms with Gasteiger partial charge in [-0.1, -0.05) is 37.3 Å². The highest BCUT2D eigenvalue weighted by Gasteiger charge is 2.27. The molecule has 0 saturated carbocycles. The summed E-state index contributed by atoms with van der Waals surface area (Å²) in [7, 11) is -2.31. The highest BCUT2D eigenvalue weighted by molar-refractivity contribution is 7.89. The molecule has 0 aliphatic carbocycles. The molecule has 0 atom stereocenters. The van der Waals surface area contributed by atoms with E-state index in [0.29, 0.717) is 17.9 Å². The molecule has 0 aliphatic heterocycles. The number of hydrogen-bond acceptors (Lipinski definition) is 4. The number of carbonyl (C=O) groups is 1. The van der Waals surface area contributed by atoms with Crippen molar-refractivity contribution in [1.82, 2.24) is 9.62 Å². The third kappa shape index (κ3) is 5.55. The van der Waals surface area contributed by atoms with E-state index in [1.54, 1.807) is 19.1 Å². The maximum atomic E-state index is 13.2. The quantitative estimate of drug-likeness (QED) is 0.714. The molecule has 146 valence electrons. The van der Waals surface area contributed by atoms with Crippen LogP contribution < -0.4 is 10.1 Å². The molecular weight excluding hydrogens is 364 g/mol. The van der Waals surface area contributed by atoms with E-state index in [2.05, 4.69) is 5.32 Å². The molecule has 0 saturated heterocycles. The van der Waals surface area contributed by atoms with Gasteiger partial charge in [-0.3, -0.25) is 4.79 Å². The largest absolute Gasteiger partial charge is 0.496 e. The number of methoxy groups -OCH3 is 1. The van der Waals surface area contributed by atoms with E-state index in [1.165, 1.54) is 17.5 Å². The summed E-state index contributed by atoms with van der Waals surface area (Å²) in [6, 6.07) is 13.9. The Hall–Kier alpha value is -2.38. The highest BCUT2D eigenvalue weighted by atomic mass is 32.2. The lowest BCUT2D eigenvalue weighted by Crippen LogP contribution is -2.40. The third-order valence-electron chi connectivity index (χ3n) is 4.10. The number of amides is 1. The molecule has 0 aromatic heterocycles. The highest BCUT2D eigenvalue weighted by Crippen LogP contribution is 2.24. The zero-order chi connectivity index (χ0) is 19.9. The molecule has 2 aromatic carbocycles. The van der Waals surface area contributed by atoms with Crippen molar-refractivity contribution in [3.8, 4) is 5.75 Å². The minimum Gasteiger partial charge on any atom is -0.496 e. The van der Waals surface area contributed by atoms with E-state index < -0.39 is 10.0 Å². The van der Waals surface area contributed by atoms with Gasteiger partial charge in [0.2, 0.25) is 15.9 Å². The first-order valence-corrected chi connectivity index (χ1v) is 10.3. The van der Waals surface area contributed by atoms with Crippen molar-refractivity contribution < 1.29 is 17.9 Å². The van der Waals surface area contributed by atoms with Crippen molar-refractivity contribution in [1.29, 1.82) is 0 Å². The van der Waals surface area contributed by atoms with Gasteiger partial charge in [0.15, 0.2) is 0 Å². The van der Waals surface area contributed by atoms with Gasteiger partial charge < -0.3 is 10.1 Å². The zero-order valence-corrected chi connectivity index (χ0v) is 16.8. The molecule has 0 aliphatic rings. The molecule has 1 N–H and O–H groups in total. The summed E-state index contributed by atoms with van der Waals surface area (Å²) in [5.41, 5.74) is 1.53. The number of nitrogens with zero attached hydrogens (tertiary/aromatic N) is 1. The van der Waals surface area contributed by atoms with E-state index in [1.807, 2.05) is 37.3 Å². The number of rotatable bonds is 9. The van der Waals surface area contributed by atoms with Crippen LogP contribution in [0.1, 0.15) is 24.5 Å². The average Bonchev–Trinajstić information content (AvgIpc) is 2.66. The first-order chi connectivity index (χ1) is 12.9. The smallest absolute Gasteiger partial charge is 0.243 e. The predicted octanol–water partition coefficient (Wildman–Crippen LogP) is 2.72. The summed E-state index contributed by atoms with van der Waals surface area (Å²) in [5, 5.41) is 2.74. The third-order valence-corrected chi connectivity index (χ3v) is 5.89. The van der Waals surface area contributed by atoms with Crippen molar-refractivity contribution in [2.24, 2.45) is 0 Å². The van der Waals surface area contributed by atoms with E-state index in [-0.39, 0.29) is 23.9 Å². The molecule has 7 heteroatoms. The maximum Gasteiger partial charge on any atom is 0.243 e. The average molecular weight is 391 g/mol. The summed E-state index contributed by atoms with van der Waals surface area (Å²) in [6.45, 7) is 4.13. The molecule has 27 heavy (non-hydrogen) atoms. The number of sulfonamides is 1. The number of ether oxygens (including phenoxy) is 1. The van der Waals surface area contributed by atoms with Gasteiger partial charge in [-0.25, -0.2) is 8.42 Å². The number of hydrogen-bond donors (Lipinski definition) is 1. The summed E-state index contributed by atoms with van der Waals surface area (Å²) in [4.78, 5) is 12.3. The fourth-order valence-electron chi connectivity index (χ4n) is 2.65. The standard InChI is InChI=1S/C20H26N2O4S/c1-4-12-21-20(23)15-22(14-17-8-6-5-7-9-17)27(24,25)18-10-11-19(26-3)16(2)13-18/h5-11,13H,4,12,14-15H2,1-3H3,(H,21,23). The summed E-state index contributed by atoms with van der Waals surface area (Å²) in [6.07, 6.45) is 0.787. The van der Waals surface area contributed by atoms with Gasteiger partial charge in [-0.15, -0.1) is 0 Å². The van der Waals surface area contributed by atoms with E-state index in [4.69, 9.17) is 4.74 Å². The van der Waals surface area contributed by atoms with Crippen LogP contribution in [0.3, 0.4) is 0 Å². The first-order valence-electron chi connectivity index (χ1n) is 8.84. The molecule has 0 heterocycles. The predicted molar refractivity (Wildman–Crippen MR) is 105 cm³/mol. The second kappa shape index (κ2) is 9.53. The Kier molecular flexibility index (Phi) is 7.38. The maximum absolute atomic E-state index is 13.2. The minimum absolute atomic E-state index is 0.119. The summed E-state index contributed by atoms with van der Waals surface area (Å²) in [5.74, 6) is 0.297. The fraction of sp³-hybridized carbons (Fsp3) is 0.350. The van der Waals surface area contributed by atoms with Gasteiger partial charge in [-0.05, 0) is 42.7 Å². The van der Waals surface area contributed by atoms with E-state index in [0.717, 1.165) is 12.0 Å². The lowest BCUT2D eigenvalue weighted by molar-refractivity contribution is -0.121. The molecule has 0 radical (unpaired) electrons. The number of nitrogens with one attached hydrogen (secondary N) is 1. The molecule has 0 unspecified atom stereocenters. The van der Waals surface area contributed by atoms with Gasteiger partial charge in [0.1, 0.15) is 5.75 Å². The summed E-state index contributed by atoms with van der Waals surface area (Å²) >= 11 is 0. The monoisotopic (exact) mass is 390 g/mol. The second-order valence-electron chi connectivity index (χ2n) is 6.24. The van der Waals surface area contributed by atoms with Crippen molar-refractivity contribution in [3.05, 3.63) is 59.7 Å². The van der Waals surface area contributed by atoms with E-state index in [9.17, 15) is 13.2 Å². The Bertz CT molecular complexity index is 867. The zero-order valence-electron chi connectivity index (χ0n) is 15.9. The number of benzene rings is 2. The van der Waals surface area contributed by atoms with Gasteiger partial charge in [0.25, 0.3) is 0 Å². The Morgan fingerprint density at radius 3 is 2.44 bits per heavy atom. The Labute approximate surface area is 161 Å². The number of aryl methyl sites for hydroxylation is 1. The molecule has 1 amide bonds. The molecule has 2 aromatic rings. The van der Waals surface area contributed by atoms with Crippen LogP contribution in [0, 0.1) is 6.92 Å². The molecule has 0 fully saturated rings. The molecule has 2 rings (SSSR count). The summed E-state index contributed by atoms with van der Waals surface area (Å²) < 4.78 is 32.8. The van der Waals surface area contributed by atoms with Crippen LogP contribution in [0.5, 0.6) is 5.75 Å². The van der Waals surface area contributed by atoms with Crippen LogP contribution in [0.15, 0.2) is 53.4 Å². The Morgan fingerprint density at radius 2 is 1.85 bits per heavy atom. The van der Waals surface area contributed by atoms with Gasteiger partial charge in [0, 0.05) is 13.1 Å². The second-order valence-corrected chi connectivity index (χ2v) is 8.18. The minimum atomic E-state index is -3.85. The lowest BCUT2D eigenvalue weighted by atomic mass is 10.2. The fourth-order valence-corrected chi connectivity index (χ4v) is 4.12. The molecule has 0 bridgehead atoms. The van der Waals surface area contributed by atoms with Gasteiger partial charge in [0.05, 0.1) is 18.6 Å².